The minimum atomic E-state index is -0.469. The van der Waals surface area contributed by atoms with Crippen molar-refractivity contribution in [3.63, 3.8) is 0 Å². The van der Waals surface area contributed by atoms with Gasteiger partial charge in [-0.05, 0) is 48.4 Å². The lowest BCUT2D eigenvalue weighted by Crippen LogP contribution is -2.22. The number of benzene rings is 3. The van der Waals surface area contributed by atoms with Gasteiger partial charge in [-0.15, -0.1) is 0 Å². The summed E-state index contributed by atoms with van der Waals surface area (Å²) in [4.78, 5) is 25.1. The number of aromatic nitrogens is 1. The number of Topliss-reactive ketones (excluding diaryl/α,β-unsaturated/α-hetero) is 1. The minimum Gasteiger partial charge on any atom is -0.383 e. The monoisotopic (exact) mass is 386 g/mol. The van der Waals surface area contributed by atoms with Gasteiger partial charge in [0.1, 0.15) is 5.82 Å². The third kappa shape index (κ3) is 2.50. The zero-order chi connectivity index (χ0) is 20.3. The lowest BCUT2D eigenvalue weighted by atomic mass is 9.91. The number of fused-ring (bicyclic) bond motifs is 3. The Kier molecular flexibility index (Phi) is 3.81. The second kappa shape index (κ2) is 6.27. The molecule has 2 heterocycles. The SMILES string of the molecule is CCNc1c(F)cc2c(=O)c(C(C)=O)cn3c2c1Cc1cc2ccccc2cc1-3. The molecule has 29 heavy (non-hydrogen) atoms. The molecule has 1 aromatic heterocycles. The normalized spacial score (nSPS) is 12.2. The summed E-state index contributed by atoms with van der Waals surface area (Å²) in [5.41, 5.74) is 3.42. The van der Waals surface area contributed by atoms with E-state index in [1.807, 2.05) is 35.8 Å². The van der Waals surface area contributed by atoms with Gasteiger partial charge in [-0.1, -0.05) is 24.3 Å². The molecule has 5 heteroatoms. The van der Waals surface area contributed by atoms with E-state index in [0.29, 0.717) is 24.2 Å². The molecule has 5 rings (SSSR count). The van der Waals surface area contributed by atoms with Crippen molar-refractivity contribution in [1.29, 1.82) is 0 Å². The summed E-state index contributed by atoms with van der Waals surface area (Å²) in [6.45, 7) is 3.84. The van der Waals surface area contributed by atoms with Crippen LogP contribution < -0.4 is 10.7 Å². The van der Waals surface area contributed by atoms with E-state index in [9.17, 15) is 14.0 Å². The highest BCUT2D eigenvalue weighted by molar-refractivity contribution is 6.00. The van der Waals surface area contributed by atoms with E-state index in [-0.39, 0.29) is 16.7 Å². The maximum absolute atomic E-state index is 15.0. The van der Waals surface area contributed by atoms with Crippen molar-refractivity contribution in [2.24, 2.45) is 0 Å². The Hall–Kier alpha value is -3.47. The van der Waals surface area contributed by atoms with Gasteiger partial charge in [0.2, 0.25) is 0 Å². The summed E-state index contributed by atoms with van der Waals surface area (Å²) in [5.74, 6) is -0.797. The second-order valence-electron chi connectivity index (χ2n) is 7.44. The Labute approximate surface area is 166 Å². The number of hydrogen-bond acceptors (Lipinski definition) is 3. The number of carbonyl (C=O) groups is 1. The van der Waals surface area contributed by atoms with E-state index in [0.717, 1.165) is 27.6 Å². The largest absolute Gasteiger partial charge is 0.383 e. The summed E-state index contributed by atoms with van der Waals surface area (Å²) in [5, 5.41) is 5.52. The summed E-state index contributed by atoms with van der Waals surface area (Å²) >= 11 is 0. The highest BCUT2D eigenvalue weighted by atomic mass is 19.1. The van der Waals surface area contributed by atoms with Crippen LogP contribution in [0.5, 0.6) is 0 Å². The Morgan fingerprint density at radius 3 is 2.59 bits per heavy atom. The molecule has 4 aromatic rings. The molecule has 144 valence electrons. The number of hydrogen-bond donors (Lipinski definition) is 1. The second-order valence-corrected chi connectivity index (χ2v) is 7.44. The van der Waals surface area contributed by atoms with Crippen molar-refractivity contribution in [2.45, 2.75) is 20.3 Å². The fraction of sp³-hybridized carbons (Fsp3) is 0.167. The number of nitrogens with zero attached hydrogens (tertiary/aromatic N) is 1. The molecule has 0 amide bonds. The van der Waals surface area contributed by atoms with Gasteiger partial charge >= 0.3 is 0 Å². The highest BCUT2D eigenvalue weighted by Gasteiger charge is 2.26. The number of anilines is 1. The van der Waals surface area contributed by atoms with Gasteiger partial charge in [-0.2, -0.15) is 0 Å². The van der Waals surface area contributed by atoms with Crippen LogP contribution >= 0.6 is 0 Å². The molecule has 1 aliphatic rings. The van der Waals surface area contributed by atoms with Crippen LogP contribution in [-0.2, 0) is 6.42 Å². The van der Waals surface area contributed by atoms with Gasteiger partial charge in [0.15, 0.2) is 11.2 Å². The molecule has 4 nitrogen and oxygen atoms in total. The van der Waals surface area contributed by atoms with E-state index in [1.165, 1.54) is 13.0 Å². The van der Waals surface area contributed by atoms with Crippen molar-refractivity contribution in [3.05, 3.63) is 81.4 Å². The van der Waals surface area contributed by atoms with Crippen molar-refractivity contribution in [1.82, 2.24) is 4.57 Å². The van der Waals surface area contributed by atoms with Gasteiger partial charge < -0.3 is 9.88 Å². The maximum atomic E-state index is 15.0. The lowest BCUT2D eigenvalue weighted by Gasteiger charge is -2.26. The van der Waals surface area contributed by atoms with Crippen molar-refractivity contribution in [3.8, 4) is 5.69 Å². The molecule has 3 aromatic carbocycles. The molecule has 0 radical (unpaired) electrons. The number of halogens is 1. The zero-order valence-electron chi connectivity index (χ0n) is 16.2. The average molecular weight is 386 g/mol. The smallest absolute Gasteiger partial charge is 0.200 e. The molecular weight excluding hydrogens is 367 g/mol. The van der Waals surface area contributed by atoms with Gasteiger partial charge in [0, 0.05) is 30.4 Å². The van der Waals surface area contributed by atoms with E-state index < -0.39 is 11.2 Å². The van der Waals surface area contributed by atoms with E-state index in [4.69, 9.17) is 0 Å². The molecule has 0 saturated carbocycles. The van der Waals surface area contributed by atoms with Crippen LogP contribution in [0.1, 0.15) is 35.3 Å². The lowest BCUT2D eigenvalue weighted by molar-refractivity contribution is 0.101. The molecular formula is C24H19FN2O2. The van der Waals surface area contributed by atoms with Crippen molar-refractivity contribution in [2.75, 3.05) is 11.9 Å². The predicted octanol–water partition coefficient (Wildman–Crippen LogP) is 4.82. The van der Waals surface area contributed by atoms with Crippen LogP contribution in [0.25, 0.3) is 27.4 Å². The van der Waals surface area contributed by atoms with Gasteiger partial charge in [0.05, 0.1) is 22.2 Å². The molecule has 0 unspecified atom stereocenters. The number of carbonyl (C=O) groups excluding carboxylic acids is 1. The average Bonchev–Trinajstić information content (AvgIpc) is 2.70. The zero-order valence-corrected chi connectivity index (χ0v) is 16.2. The predicted molar refractivity (Wildman–Crippen MR) is 114 cm³/mol. The Morgan fingerprint density at radius 1 is 1.17 bits per heavy atom. The molecule has 0 aliphatic carbocycles. The molecule has 0 spiro atoms. The minimum absolute atomic E-state index is 0.0695. The van der Waals surface area contributed by atoms with Crippen LogP contribution in [0, 0.1) is 5.82 Å². The molecule has 1 aliphatic heterocycles. The van der Waals surface area contributed by atoms with Crippen LogP contribution in [0.4, 0.5) is 10.1 Å². The maximum Gasteiger partial charge on any atom is 0.200 e. The third-order valence-electron chi connectivity index (χ3n) is 5.65. The number of pyridine rings is 1. The fourth-order valence-electron chi connectivity index (χ4n) is 4.35. The van der Waals surface area contributed by atoms with E-state index >= 15 is 0 Å². The summed E-state index contributed by atoms with van der Waals surface area (Å²) < 4.78 is 16.8. The quantitative estimate of drug-likeness (QED) is 0.452. The highest BCUT2D eigenvalue weighted by Crippen LogP contribution is 2.38. The van der Waals surface area contributed by atoms with E-state index in [2.05, 4.69) is 17.4 Å². The van der Waals surface area contributed by atoms with Crippen molar-refractivity contribution < 1.29 is 9.18 Å². The Bertz CT molecular complexity index is 1400. The van der Waals surface area contributed by atoms with Gasteiger partial charge in [-0.3, -0.25) is 9.59 Å². The van der Waals surface area contributed by atoms with Crippen LogP contribution in [0.2, 0.25) is 0 Å². The van der Waals surface area contributed by atoms with Crippen LogP contribution in [0.3, 0.4) is 0 Å². The topological polar surface area (TPSA) is 51.1 Å². The number of nitrogens with one attached hydrogen (secondary N) is 1. The number of ketones is 1. The third-order valence-corrected chi connectivity index (χ3v) is 5.65. The molecule has 0 fully saturated rings. The Morgan fingerprint density at radius 2 is 1.90 bits per heavy atom. The molecule has 1 N–H and O–H groups in total. The van der Waals surface area contributed by atoms with Gasteiger partial charge in [-0.25, -0.2) is 4.39 Å². The first-order valence-electron chi connectivity index (χ1n) is 9.67. The number of rotatable bonds is 3. The Balaban J connectivity index is 1.98. The standard InChI is InChI=1S/C24H19FN2O2/c1-3-26-22-17-9-16-8-14-6-4-5-7-15(14)10-21(16)27-12-19(13(2)28)24(29)18(23(17)27)11-20(22)25/h4-8,10-12,26H,3,9H2,1-2H3. The fourth-order valence-corrected chi connectivity index (χ4v) is 4.35. The first-order valence-corrected chi connectivity index (χ1v) is 9.67. The van der Waals surface area contributed by atoms with Crippen LogP contribution in [-0.4, -0.2) is 16.9 Å². The summed E-state index contributed by atoms with van der Waals surface area (Å²) in [6.07, 6.45) is 2.12. The van der Waals surface area contributed by atoms with Gasteiger partial charge in [0.25, 0.3) is 0 Å². The summed E-state index contributed by atoms with van der Waals surface area (Å²) in [7, 11) is 0. The molecule has 0 saturated heterocycles. The first-order chi connectivity index (χ1) is 14.0. The molecule has 0 bridgehead atoms. The van der Waals surface area contributed by atoms with Crippen molar-refractivity contribution >= 4 is 33.1 Å². The summed E-state index contributed by atoms with van der Waals surface area (Å²) in [6, 6.07) is 13.5. The van der Waals surface area contributed by atoms with E-state index in [1.54, 1.807) is 6.20 Å². The van der Waals surface area contributed by atoms with Crippen LogP contribution in [0.15, 0.2) is 53.5 Å². The molecule has 0 atom stereocenters. The first kappa shape index (κ1) is 17.6.